The van der Waals surface area contributed by atoms with Crippen LogP contribution in [0.2, 0.25) is 0 Å². The monoisotopic (exact) mass is 564 g/mol. The highest BCUT2D eigenvalue weighted by molar-refractivity contribution is 6.00. The highest BCUT2D eigenvalue weighted by Gasteiger charge is 2.39. The summed E-state index contributed by atoms with van der Waals surface area (Å²) in [4.78, 5) is 40.1. The van der Waals surface area contributed by atoms with E-state index in [0.717, 1.165) is 24.8 Å². The number of allylic oxidation sites excluding steroid dienone is 1. The third-order valence-corrected chi connectivity index (χ3v) is 6.85. The van der Waals surface area contributed by atoms with Crippen molar-refractivity contribution in [2.75, 3.05) is 20.2 Å². The summed E-state index contributed by atoms with van der Waals surface area (Å²) >= 11 is 0. The van der Waals surface area contributed by atoms with Crippen LogP contribution in [0.3, 0.4) is 0 Å². The van der Waals surface area contributed by atoms with Gasteiger partial charge in [0.15, 0.2) is 0 Å². The standard InChI is InChI=1S/C31H40N4O6/c1-5-6-7-11-17-40-30(36)26-22(3)33-29(32)28(27(26)24-15-12-16-25(18-24)35(38)39)31(37)41-21(2)19-34(4)20-23-13-9-8-10-14-23/h8-10,12-16,18,21,27,33H,5-7,11,17,19-20,32H2,1-4H3. The zero-order chi connectivity index (χ0) is 29.9. The smallest absolute Gasteiger partial charge is 0.338 e. The van der Waals surface area contributed by atoms with Crippen LogP contribution in [0.4, 0.5) is 5.69 Å². The van der Waals surface area contributed by atoms with E-state index >= 15 is 0 Å². The third kappa shape index (κ3) is 8.65. The number of hydrogen-bond donors (Lipinski definition) is 2. The Bertz CT molecular complexity index is 1290. The lowest BCUT2D eigenvalue weighted by Gasteiger charge is -2.31. The molecule has 0 bridgehead atoms. The number of benzene rings is 2. The van der Waals surface area contributed by atoms with Gasteiger partial charge in [0.05, 0.1) is 28.6 Å². The number of nitrogens with zero attached hydrogens (tertiary/aromatic N) is 2. The fraction of sp³-hybridized carbons (Fsp3) is 0.419. The maximum absolute atomic E-state index is 13.6. The van der Waals surface area contributed by atoms with Gasteiger partial charge < -0.3 is 20.5 Å². The van der Waals surface area contributed by atoms with Gasteiger partial charge in [-0.15, -0.1) is 0 Å². The quantitative estimate of drug-likeness (QED) is 0.142. The molecule has 3 rings (SSSR count). The van der Waals surface area contributed by atoms with Gasteiger partial charge >= 0.3 is 11.9 Å². The number of hydrogen-bond acceptors (Lipinski definition) is 9. The number of unbranched alkanes of at least 4 members (excludes halogenated alkanes) is 3. The number of non-ortho nitro benzene ring substituents is 1. The average molecular weight is 565 g/mol. The first-order valence-corrected chi connectivity index (χ1v) is 13.9. The molecule has 2 unspecified atom stereocenters. The van der Waals surface area contributed by atoms with Gasteiger partial charge in [-0.3, -0.25) is 15.0 Å². The number of nitrogens with two attached hydrogens (primary N) is 1. The lowest BCUT2D eigenvalue weighted by molar-refractivity contribution is -0.384. The molecule has 2 aromatic carbocycles. The van der Waals surface area contributed by atoms with E-state index in [4.69, 9.17) is 15.2 Å². The number of nitrogens with one attached hydrogen (secondary N) is 1. The predicted octanol–water partition coefficient (Wildman–Crippen LogP) is 4.91. The Balaban J connectivity index is 1.86. The fourth-order valence-electron chi connectivity index (χ4n) is 4.96. The highest BCUT2D eigenvalue weighted by Crippen LogP contribution is 2.39. The van der Waals surface area contributed by atoms with Crippen LogP contribution in [-0.2, 0) is 25.6 Å². The fourth-order valence-corrected chi connectivity index (χ4v) is 4.96. The Morgan fingerprint density at radius 2 is 1.80 bits per heavy atom. The minimum Gasteiger partial charge on any atom is -0.462 e. The lowest BCUT2D eigenvalue weighted by atomic mass is 9.81. The molecule has 220 valence electrons. The molecule has 0 radical (unpaired) electrons. The molecule has 41 heavy (non-hydrogen) atoms. The maximum atomic E-state index is 13.6. The van der Waals surface area contributed by atoms with Crippen LogP contribution in [0.1, 0.15) is 63.5 Å². The minimum absolute atomic E-state index is 0.00610. The van der Waals surface area contributed by atoms with Crippen molar-refractivity contribution in [3.8, 4) is 0 Å². The van der Waals surface area contributed by atoms with E-state index in [9.17, 15) is 19.7 Å². The Morgan fingerprint density at radius 1 is 1.07 bits per heavy atom. The van der Waals surface area contributed by atoms with Gasteiger partial charge in [-0.25, -0.2) is 9.59 Å². The van der Waals surface area contributed by atoms with E-state index in [-0.39, 0.29) is 29.3 Å². The summed E-state index contributed by atoms with van der Waals surface area (Å²) in [5.41, 5.74) is 8.22. The van der Waals surface area contributed by atoms with Gasteiger partial charge in [0.1, 0.15) is 11.9 Å². The van der Waals surface area contributed by atoms with Crippen molar-refractivity contribution in [2.24, 2.45) is 5.73 Å². The first kappa shape index (κ1) is 31.3. The van der Waals surface area contributed by atoms with Gasteiger partial charge in [0.25, 0.3) is 5.69 Å². The van der Waals surface area contributed by atoms with Crippen LogP contribution in [-0.4, -0.2) is 48.1 Å². The summed E-state index contributed by atoms with van der Waals surface area (Å²) in [7, 11) is 1.93. The minimum atomic E-state index is -1.01. The van der Waals surface area contributed by atoms with Gasteiger partial charge in [-0.1, -0.05) is 68.7 Å². The van der Waals surface area contributed by atoms with E-state index < -0.39 is 28.9 Å². The zero-order valence-electron chi connectivity index (χ0n) is 24.2. The van der Waals surface area contributed by atoms with Crippen LogP contribution >= 0.6 is 0 Å². The molecule has 0 spiro atoms. The molecule has 0 fully saturated rings. The van der Waals surface area contributed by atoms with E-state index in [1.165, 1.54) is 18.2 Å². The Kier molecular flexibility index (Phi) is 11.5. The topological polar surface area (TPSA) is 137 Å². The molecule has 0 amide bonds. The van der Waals surface area contributed by atoms with E-state index in [2.05, 4.69) is 12.2 Å². The van der Waals surface area contributed by atoms with Crippen molar-refractivity contribution >= 4 is 17.6 Å². The summed E-state index contributed by atoms with van der Waals surface area (Å²) < 4.78 is 11.4. The Hall–Kier alpha value is -4.18. The van der Waals surface area contributed by atoms with Gasteiger partial charge in [0.2, 0.25) is 0 Å². The zero-order valence-corrected chi connectivity index (χ0v) is 24.2. The molecule has 1 aliphatic rings. The molecule has 0 aromatic heterocycles. The predicted molar refractivity (Wildman–Crippen MR) is 156 cm³/mol. The van der Waals surface area contributed by atoms with Crippen molar-refractivity contribution in [3.05, 3.63) is 98.5 Å². The van der Waals surface area contributed by atoms with E-state index in [1.54, 1.807) is 19.9 Å². The maximum Gasteiger partial charge on any atom is 0.338 e. The summed E-state index contributed by atoms with van der Waals surface area (Å²) in [5, 5.41) is 14.5. The van der Waals surface area contributed by atoms with E-state index in [0.29, 0.717) is 30.8 Å². The summed E-state index contributed by atoms with van der Waals surface area (Å²) in [6.07, 6.45) is 3.21. The SMILES string of the molecule is CCCCCCOC(=O)C1=C(C)NC(N)=C(C(=O)OC(C)CN(C)Cc2ccccc2)C1c1cccc([N+](=O)[O-])c1. The first-order chi connectivity index (χ1) is 19.6. The normalized spacial score (nSPS) is 15.9. The molecular formula is C31H40N4O6. The number of ether oxygens (including phenoxy) is 2. The molecule has 1 aliphatic heterocycles. The molecule has 2 aromatic rings. The lowest BCUT2D eigenvalue weighted by Crippen LogP contribution is -2.38. The first-order valence-electron chi connectivity index (χ1n) is 13.9. The largest absolute Gasteiger partial charge is 0.462 e. The number of dihydropyridines is 1. The highest BCUT2D eigenvalue weighted by atomic mass is 16.6. The Labute approximate surface area is 241 Å². The second-order valence-electron chi connectivity index (χ2n) is 10.4. The van der Waals surface area contributed by atoms with Crippen molar-refractivity contribution in [1.29, 1.82) is 0 Å². The van der Waals surface area contributed by atoms with Gasteiger partial charge in [-0.05, 0) is 38.4 Å². The number of likely N-dealkylation sites (N-methyl/N-ethyl adjacent to an activating group) is 1. The van der Waals surface area contributed by atoms with Gasteiger partial charge in [-0.2, -0.15) is 0 Å². The summed E-state index contributed by atoms with van der Waals surface area (Å²) in [6, 6.07) is 15.8. The van der Waals surface area contributed by atoms with Crippen LogP contribution < -0.4 is 11.1 Å². The molecule has 2 atom stereocenters. The number of carbonyl (C=O) groups excluding carboxylic acids is 2. The average Bonchev–Trinajstić information content (AvgIpc) is 2.92. The Morgan fingerprint density at radius 3 is 2.49 bits per heavy atom. The number of nitro groups is 1. The number of nitro benzene ring substituents is 1. The van der Waals surface area contributed by atoms with E-state index in [1.807, 2.05) is 42.3 Å². The molecule has 10 heteroatoms. The number of esters is 2. The molecule has 10 nitrogen and oxygen atoms in total. The molecule has 1 heterocycles. The van der Waals surface area contributed by atoms with Crippen molar-refractivity contribution < 1.29 is 24.0 Å². The third-order valence-electron chi connectivity index (χ3n) is 6.85. The second-order valence-corrected chi connectivity index (χ2v) is 10.4. The van der Waals surface area contributed by atoms with Crippen molar-refractivity contribution in [2.45, 2.75) is 65.0 Å². The molecular weight excluding hydrogens is 524 g/mol. The number of carbonyl (C=O) groups is 2. The van der Waals surface area contributed by atoms with Crippen LogP contribution in [0.5, 0.6) is 0 Å². The van der Waals surface area contributed by atoms with Crippen molar-refractivity contribution in [3.63, 3.8) is 0 Å². The molecule has 0 saturated carbocycles. The molecule has 0 saturated heterocycles. The number of rotatable bonds is 14. The summed E-state index contributed by atoms with van der Waals surface area (Å²) in [6.45, 7) is 6.87. The molecule has 3 N–H and O–H groups in total. The van der Waals surface area contributed by atoms with Crippen LogP contribution in [0.25, 0.3) is 0 Å². The van der Waals surface area contributed by atoms with Gasteiger partial charge in [0, 0.05) is 30.9 Å². The summed E-state index contributed by atoms with van der Waals surface area (Å²) in [5.74, 6) is -2.32. The van der Waals surface area contributed by atoms with Crippen molar-refractivity contribution in [1.82, 2.24) is 10.2 Å². The van der Waals surface area contributed by atoms with Crippen LogP contribution in [0.15, 0.2) is 77.3 Å². The molecule has 0 aliphatic carbocycles. The van der Waals surface area contributed by atoms with Crippen LogP contribution in [0, 0.1) is 10.1 Å². The second kappa shape index (κ2) is 15.0.